The Morgan fingerprint density at radius 3 is 2.63 bits per heavy atom. The van der Waals surface area contributed by atoms with E-state index in [2.05, 4.69) is 10.0 Å². The molecule has 0 saturated heterocycles. The van der Waals surface area contributed by atoms with Crippen LogP contribution in [0.3, 0.4) is 0 Å². The van der Waals surface area contributed by atoms with Crippen molar-refractivity contribution in [3.8, 4) is 5.75 Å². The van der Waals surface area contributed by atoms with E-state index >= 15 is 0 Å². The van der Waals surface area contributed by atoms with E-state index in [9.17, 15) is 13.2 Å². The van der Waals surface area contributed by atoms with Crippen LogP contribution in [0.4, 0.5) is 0 Å². The third-order valence-electron chi connectivity index (χ3n) is 4.82. The van der Waals surface area contributed by atoms with Crippen LogP contribution in [-0.2, 0) is 14.8 Å². The number of rotatable bonds is 8. The number of ether oxygens (including phenoxy) is 1. The van der Waals surface area contributed by atoms with Crippen molar-refractivity contribution in [3.05, 3.63) is 59.4 Å². The van der Waals surface area contributed by atoms with E-state index in [1.165, 1.54) is 0 Å². The summed E-state index contributed by atoms with van der Waals surface area (Å²) in [4.78, 5) is 12.5. The highest BCUT2D eigenvalue weighted by molar-refractivity contribution is 7.89. The molecule has 1 heterocycles. The molecule has 0 aliphatic heterocycles. The van der Waals surface area contributed by atoms with E-state index in [-0.39, 0.29) is 29.8 Å². The van der Waals surface area contributed by atoms with E-state index in [1.54, 1.807) is 32.2 Å². The number of aryl methyl sites for hydroxylation is 2. The van der Waals surface area contributed by atoms with Crippen LogP contribution in [0.2, 0.25) is 0 Å². The molecule has 0 saturated carbocycles. The quantitative estimate of drug-likeness (QED) is 0.569. The number of nitrogens with one attached hydrogen (secondary N) is 2. The molecule has 1 aromatic heterocycles. The van der Waals surface area contributed by atoms with Crippen molar-refractivity contribution < 1.29 is 22.4 Å². The zero-order chi connectivity index (χ0) is 21.9. The Labute approximate surface area is 176 Å². The fraction of sp³-hybridized carbons (Fsp3) is 0.318. The fourth-order valence-electron chi connectivity index (χ4n) is 3.29. The summed E-state index contributed by atoms with van der Waals surface area (Å²) < 4.78 is 38.6. The van der Waals surface area contributed by atoms with Gasteiger partial charge in [0.25, 0.3) is 0 Å². The van der Waals surface area contributed by atoms with Crippen LogP contribution in [-0.4, -0.2) is 28.0 Å². The predicted octanol–water partition coefficient (Wildman–Crippen LogP) is 3.60. The molecule has 0 fully saturated rings. The lowest BCUT2D eigenvalue weighted by Gasteiger charge is -2.12. The molecule has 0 aliphatic rings. The Kier molecular flexibility index (Phi) is 6.48. The molecule has 0 spiro atoms. The van der Waals surface area contributed by atoms with Crippen molar-refractivity contribution in [2.45, 2.75) is 38.1 Å². The van der Waals surface area contributed by atoms with Gasteiger partial charge in [0.05, 0.1) is 18.0 Å². The average Bonchev–Trinajstić information content (AvgIpc) is 3.12. The second kappa shape index (κ2) is 8.89. The van der Waals surface area contributed by atoms with E-state index in [4.69, 9.17) is 9.15 Å². The number of hydrogen-bond acceptors (Lipinski definition) is 5. The monoisotopic (exact) mass is 430 g/mol. The topological polar surface area (TPSA) is 97.6 Å². The largest absolute Gasteiger partial charge is 0.493 e. The van der Waals surface area contributed by atoms with Crippen molar-refractivity contribution in [1.82, 2.24) is 10.0 Å². The highest BCUT2D eigenvalue weighted by atomic mass is 32.2. The van der Waals surface area contributed by atoms with Gasteiger partial charge >= 0.3 is 0 Å². The Hall–Kier alpha value is -2.84. The number of methoxy groups -OCH3 is 1. The van der Waals surface area contributed by atoms with Crippen LogP contribution in [0.15, 0.2) is 51.8 Å². The average molecular weight is 431 g/mol. The van der Waals surface area contributed by atoms with E-state index in [0.717, 1.165) is 10.9 Å². The minimum Gasteiger partial charge on any atom is -0.493 e. The molecule has 2 aromatic carbocycles. The molecule has 8 heteroatoms. The van der Waals surface area contributed by atoms with E-state index < -0.39 is 10.0 Å². The lowest BCUT2D eigenvalue weighted by Crippen LogP contribution is -2.32. The van der Waals surface area contributed by atoms with Crippen LogP contribution in [0.5, 0.6) is 5.75 Å². The number of amides is 1. The summed E-state index contributed by atoms with van der Waals surface area (Å²) in [7, 11) is -2.10. The maximum absolute atomic E-state index is 12.5. The van der Waals surface area contributed by atoms with Gasteiger partial charge in [0.15, 0.2) is 11.3 Å². The molecule has 1 atom stereocenters. The van der Waals surface area contributed by atoms with Gasteiger partial charge in [0.1, 0.15) is 5.76 Å². The third-order valence-corrected chi connectivity index (χ3v) is 6.44. The van der Waals surface area contributed by atoms with Gasteiger partial charge in [-0.25, -0.2) is 13.1 Å². The number of benzene rings is 2. The predicted molar refractivity (Wildman–Crippen MR) is 115 cm³/mol. The number of hydrogen-bond donors (Lipinski definition) is 2. The van der Waals surface area contributed by atoms with Gasteiger partial charge in [0.2, 0.25) is 15.9 Å². The van der Waals surface area contributed by atoms with Gasteiger partial charge in [-0.3, -0.25) is 4.79 Å². The summed E-state index contributed by atoms with van der Waals surface area (Å²) in [5.41, 5.74) is 2.28. The van der Waals surface area contributed by atoms with Crippen molar-refractivity contribution in [3.63, 3.8) is 0 Å². The summed E-state index contributed by atoms with van der Waals surface area (Å²) >= 11 is 0. The molecule has 30 heavy (non-hydrogen) atoms. The summed E-state index contributed by atoms with van der Waals surface area (Å²) in [5.74, 6) is 0.940. The molecule has 3 rings (SSSR count). The summed E-state index contributed by atoms with van der Waals surface area (Å²) in [6.07, 6.45) is 0.0119. The second-order valence-corrected chi connectivity index (χ2v) is 8.97. The Morgan fingerprint density at radius 1 is 1.17 bits per heavy atom. The lowest BCUT2D eigenvalue weighted by atomic mass is 10.2. The minimum absolute atomic E-state index is 0.00214. The number of sulfonamides is 1. The summed E-state index contributed by atoms with van der Waals surface area (Å²) in [5, 5.41) is 3.71. The second-order valence-electron chi connectivity index (χ2n) is 7.23. The van der Waals surface area contributed by atoms with Gasteiger partial charge in [-0.2, -0.15) is 0 Å². The van der Waals surface area contributed by atoms with E-state index in [1.807, 2.05) is 38.1 Å². The molecule has 0 aliphatic carbocycles. The van der Waals surface area contributed by atoms with E-state index in [0.29, 0.717) is 22.7 Å². The summed E-state index contributed by atoms with van der Waals surface area (Å²) in [6.45, 7) is 5.46. The first-order valence-corrected chi connectivity index (χ1v) is 11.1. The molecular weight excluding hydrogens is 404 g/mol. The smallest absolute Gasteiger partial charge is 0.240 e. The molecule has 1 unspecified atom stereocenters. The number of carbonyl (C=O) groups is 1. The minimum atomic E-state index is -3.67. The highest BCUT2D eigenvalue weighted by Gasteiger charge is 2.19. The Bertz CT molecular complexity index is 1170. The van der Waals surface area contributed by atoms with Crippen molar-refractivity contribution in [2.24, 2.45) is 0 Å². The normalized spacial score (nSPS) is 12.7. The first-order chi connectivity index (χ1) is 14.2. The Morgan fingerprint density at radius 2 is 1.93 bits per heavy atom. The van der Waals surface area contributed by atoms with Gasteiger partial charge in [0, 0.05) is 18.4 Å². The first kappa shape index (κ1) is 21.9. The Balaban J connectivity index is 1.58. The zero-order valence-electron chi connectivity index (χ0n) is 17.5. The lowest BCUT2D eigenvalue weighted by molar-refractivity contribution is -0.121. The number of furan rings is 1. The molecule has 2 N–H and O–H groups in total. The third kappa shape index (κ3) is 4.83. The van der Waals surface area contributed by atoms with Crippen molar-refractivity contribution in [1.29, 1.82) is 0 Å². The molecule has 0 bridgehead atoms. The van der Waals surface area contributed by atoms with Crippen LogP contribution < -0.4 is 14.8 Å². The molecular formula is C22H26N2O5S. The molecule has 7 nitrogen and oxygen atoms in total. The number of fused-ring (bicyclic) bond motifs is 1. The van der Waals surface area contributed by atoms with Gasteiger partial charge < -0.3 is 14.5 Å². The molecule has 0 radical (unpaired) electrons. The zero-order valence-corrected chi connectivity index (χ0v) is 18.3. The molecule has 1 amide bonds. The molecule has 3 aromatic rings. The van der Waals surface area contributed by atoms with Gasteiger partial charge in [-0.05, 0) is 44.5 Å². The van der Waals surface area contributed by atoms with Crippen LogP contribution in [0.1, 0.15) is 36.3 Å². The van der Waals surface area contributed by atoms with Crippen molar-refractivity contribution in [2.75, 3.05) is 13.7 Å². The van der Waals surface area contributed by atoms with Gasteiger partial charge in [-0.15, -0.1) is 0 Å². The van der Waals surface area contributed by atoms with Gasteiger partial charge in [-0.1, -0.05) is 29.8 Å². The molecule has 160 valence electrons. The van der Waals surface area contributed by atoms with Crippen LogP contribution in [0.25, 0.3) is 11.0 Å². The maximum atomic E-state index is 12.5. The van der Waals surface area contributed by atoms with Crippen LogP contribution >= 0.6 is 0 Å². The SMILES string of the molecule is COc1cccc2cc(C(C)NC(=O)CCNS(=O)(=O)c3ccc(C)cc3C)oc12. The number of carbonyl (C=O) groups excluding carboxylic acids is 1. The van der Waals surface area contributed by atoms with Crippen LogP contribution in [0, 0.1) is 13.8 Å². The fourth-order valence-corrected chi connectivity index (χ4v) is 4.55. The summed E-state index contributed by atoms with van der Waals surface area (Å²) in [6, 6.07) is 12.2. The maximum Gasteiger partial charge on any atom is 0.240 e. The highest BCUT2D eigenvalue weighted by Crippen LogP contribution is 2.30. The number of para-hydroxylation sites is 1. The van der Waals surface area contributed by atoms with Crippen molar-refractivity contribution >= 4 is 26.9 Å². The first-order valence-electron chi connectivity index (χ1n) is 9.64. The standard InChI is InChI=1S/C22H26N2O5S/c1-14-8-9-20(15(2)12-14)30(26,27)23-11-10-21(25)24-16(3)19-13-17-6-5-7-18(28-4)22(17)29-19/h5-9,12-13,16,23H,10-11H2,1-4H3,(H,24,25).